The van der Waals surface area contributed by atoms with Gasteiger partial charge in [-0.25, -0.2) is 9.78 Å². The molecule has 142 valence electrons. The molecule has 5 nitrogen and oxygen atoms in total. The number of anilines is 1. The molecule has 0 fully saturated rings. The van der Waals surface area contributed by atoms with Gasteiger partial charge in [0.2, 0.25) is 0 Å². The Labute approximate surface area is 167 Å². The lowest BCUT2D eigenvalue weighted by Gasteiger charge is -2.23. The van der Waals surface area contributed by atoms with E-state index in [0.717, 1.165) is 22.4 Å². The van der Waals surface area contributed by atoms with Crippen molar-refractivity contribution in [3.05, 3.63) is 81.4 Å². The van der Waals surface area contributed by atoms with Crippen LogP contribution in [0.15, 0.2) is 48.7 Å². The molecule has 1 aliphatic rings. The average Bonchev–Trinajstić information content (AvgIpc) is 3.11. The van der Waals surface area contributed by atoms with E-state index < -0.39 is 12.1 Å². The number of benzene rings is 2. The lowest BCUT2D eigenvalue weighted by Crippen LogP contribution is -2.38. The number of ether oxygens (including phenoxy) is 1. The van der Waals surface area contributed by atoms with Crippen molar-refractivity contribution in [2.45, 2.75) is 32.8 Å². The molecule has 0 spiro atoms. The second-order valence-corrected chi connectivity index (χ2v) is 8.16. The molecule has 0 saturated carbocycles. The molecule has 3 aromatic rings. The number of hydrogen-bond acceptors (Lipinski definition) is 5. The van der Waals surface area contributed by atoms with Gasteiger partial charge in [-0.3, -0.25) is 10.1 Å². The van der Waals surface area contributed by atoms with E-state index in [0.29, 0.717) is 17.1 Å². The van der Waals surface area contributed by atoms with Crippen molar-refractivity contribution in [1.82, 2.24) is 4.98 Å². The van der Waals surface area contributed by atoms with Crippen LogP contribution in [0.3, 0.4) is 0 Å². The maximum Gasteiger partial charge on any atom is 0.339 e. The third kappa shape index (κ3) is 3.97. The van der Waals surface area contributed by atoms with Gasteiger partial charge < -0.3 is 4.74 Å². The first-order valence-corrected chi connectivity index (χ1v) is 9.91. The fourth-order valence-corrected chi connectivity index (χ4v) is 4.03. The molecule has 0 radical (unpaired) electrons. The first kappa shape index (κ1) is 18.4. The van der Waals surface area contributed by atoms with Gasteiger partial charge in [-0.2, -0.15) is 0 Å². The van der Waals surface area contributed by atoms with Gasteiger partial charge in [-0.15, -0.1) is 11.3 Å². The number of thiazole rings is 1. The Morgan fingerprint density at radius 2 is 1.93 bits per heavy atom. The Hall–Kier alpha value is -2.99. The van der Waals surface area contributed by atoms with E-state index in [9.17, 15) is 9.59 Å². The predicted molar refractivity (Wildman–Crippen MR) is 109 cm³/mol. The van der Waals surface area contributed by atoms with E-state index in [4.69, 9.17) is 4.74 Å². The summed E-state index contributed by atoms with van der Waals surface area (Å²) in [5.74, 6) is -0.805. The minimum absolute atomic E-state index is 0.351. The highest BCUT2D eigenvalue weighted by molar-refractivity contribution is 7.15. The number of cyclic esters (lactones) is 1. The first-order chi connectivity index (χ1) is 13.5. The third-order valence-electron chi connectivity index (χ3n) is 4.71. The maximum atomic E-state index is 12.6. The second kappa shape index (κ2) is 7.56. The Balaban J connectivity index is 1.41. The molecule has 1 atom stereocenters. The van der Waals surface area contributed by atoms with Crippen molar-refractivity contribution < 1.29 is 14.3 Å². The standard InChI is InChI=1S/C22H20N2O3S/c1-13-3-6-15(7-4-13)10-17-12-23-22(28-17)24-20(25)19-11-16-8-5-14(2)9-18(16)21(26)27-19/h3-9,12,19H,10-11H2,1-2H3,(H,23,24,25)/t19-/m0/s1. The molecule has 0 aliphatic carbocycles. The van der Waals surface area contributed by atoms with Crippen LogP contribution in [-0.4, -0.2) is 23.0 Å². The largest absolute Gasteiger partial charge is 0.448 e. The molecule has 2 aromatic carbocycles. The van der Waals surface area contributed by atoms with Crippen LogP contribution in [0.2, 0.25) is 0 Å². The summed E-state index contributed by atoms with van der Waals surface area (Å²) in [4.78, 5) is 30.1. The molecule has 1 amide bonds. The number of rotatable bonds is 4. The third-order valence-corrected chi connectivity index (χ3v) is 5.63. The zero-order valence-electron chi connectivity index (χ0n) is 15.7. The normalized spacial score (nSPS) is 15.6. The summed E-state index contributed by atoms with van der Waals surface area (Å²) in [7, 11) is 0. The molecule has 6 heteroatoms. The average molecular weight is 392 g/mol. The molecule has 4 rings (SSSR count). The Kier molecular flexibility index (Phi) is 4.96. The number of amides is 1. The van der Waals surface area contributed by atoms with Crippen LogP contribution < -0.4 is 5.32 Å². The Morgan fingerprint density at radius 1 is 1.18 bits per heavy atom. The van der Waals surface area contributed by atoms with E-state index >= 15 is 0 Å². The number of fused-ring (bicyclic) bond motifs is 1. The summed E-state index contributed by atoms with van der Waals surface area (Å²) < 4.78 is 5.34. The summed E-state index contributed by atoms with van der Waals surface area (Å²) in [6, 6.07) is 14.0. The molecule has 1 aliphatic heterocycles. The lowest BCUT2D eigenvalue weighted by atomic mass is 9.96. The number of nitrogens with one attached hydrogen (secondary N) is 1. The maximum absolute atomic E-state index is 12.6. The number of aromatic nitrogens is 1. The van der Waals surface area contributed by atoms with Crippen LogP contribution in [0.25, 0.3) is 0 Å². The molecule has 2 heterocycles. The monoisotopic (exact) mass is 392 g/mol. The quantitative estimate of drug-likeness (QED) is 0.680. The van der Waals surface area contributed by atoms with Gasteiger partial charge in [-0.1, -0.05) is 47.5 Å². The number of esters is 1. The van der Waals surface area contributed by atoms with E-state index in [1.54, 1.807) is 12.3 Å². The summed E-state index contributed by atoms with van der Waals surface area (Å²) in [5, 5.41) is 3.29. The zero-order chi connectivity index (χ0) is 19.7. The van der Waals surface area contributed by atoms with Crippen molar-refractivity contribution >= 4 is 28.3 Å². The highest BCUT2D eigenvalue weighted by Gasteiger charge is 2.31. The van der Waals surface area contributed by atoms with Gasteiger partial charge >= 0.3 is 5.97 Å². The van der Waals surface area contributed by atoms with Crippen molar-refractivity contribution in [2.75, 3.05) is 5.32 Å². The smallest absolute Gasteiger partial charge is 0.339 e. The van der Waals surface area contributed by atoms with Gasteiger partial charge in [0.25, 0.3) is 5.91 Å². The summed E-state index contributed by atoms with van der Waals surface area (Å²) in [6.07, 6.45) is 2.06. The van der Waals surface area contributed by atoms with Gasteiger partial charge in [0.1, 0.15) is 0 Å². The van der Waals surface area contributed by atoms with Crippen LogP contribution in [0.4, 0.5) is 5.13 Å². The van der Waals surface area contributed by atoms with E-state index in [-0.39, 0.29) is 5.91 Å². The Bertz CT molecular complexity index is 1040. The summed E-state index contributed by atoms with van der Waals surface area (Å²) in [6.45, 7) is 3.98. The lowest BCUT2D eigenvalue weighted by molar-refractivity contribution is -0.125. The van der Waals surface area contributed by atoms with Crippen LogP contribution in [0.5, 0.6) is 0 Å². The van der Waals surface area contributed by atoms with Crippen LogP contribution in [-0.2, 0) is 22.4 Å². The number of aryl methyl sites for hydroxylation is 2. The molecule has 0 saturated heterocycles. The minimum Gasteiger partial charge on any atom is -0.448 e. The van der Waals surface area contributed by atoms with Crippen molar-refractivity contribution in [3.63, 3.8) is 0 Å². The van der Waals surface area contributed by atoms with Crippen LogP contribution >= 0.6 is 11.3 Å². The van der Waals surface area contributed by atoms with Gasteiger partial charge in [0.05, 0.1) is 5.56 Å². The number of carbonyl (C=O) groups excluding carboxylic acids is 2. The van der Waals surface area contributed by atoms with Crippen molar-refractivity contribution in [2.24, 2.45) is 0 Å². The SMILES string of the molecule is Cc1ccc(Cc2cnc(NC(=O)[C@@H]3Cc4ccc(C)cc4C(=O)O3)s2)cc1. The topological polar surface area (TPSA) is 68.3 Å². The summed E-state index contributed by atoms with van der Waals surface area (Å²) >= 11 is 1.43. The van der Waals surface area contributed by atoms with Crippen LogP contribution in [0.1, 0.15) is 37.5 Å². The van der Waals surface area contributed by atoms with Crippen molar-refractivity contribution in [3.8, 4) is 0 Å². The van der Waals surface area contributed by atoms with Gasteiger partial charge in [0.15, 0.2) is 11.2 Å². The molecule has 0 bridgehead atoms. The Morgan fingerprint density at radius 3 is 2.71 bits per heavy atom. The minimum atomic E-state index is -0.841. The summed E-state index contributed by atoms with van der Waals surface area (Å²) in [5.41, 5.74) is 4.78. The second-order valence-electron chi connectivity index (χ2n) is 7.04. The molecule has 28 heavy (non-hydrogen) atoms. The van der Waals surface area contributed by atoms with E-state index in [1.165, 1.54) is 22.5 Å². The first-order valence-electron chi connectivity index (χ1n) is 9.09. The molecular formula is C22H20N2O3S. The number of carbonyl (C=O) groups is 2. The number of nitrogens with zero attached hydrogens (tertiary/aromatic N) is 1. The number of hydrogen-bond donors (Lipinski definition) is 1. The molecule has 0 unspecified atom stereocenters. The van der Waals surface area contributed by atoms with E-state index in [2.05, 4.69) is 41.5 Å². The predicted octanol–water partition coefficient (Wildman–Crippen LogP) is 4.07. The fourth-order valence-electron chi connectivity index (χ4n) is 3.18. The molecular weight excluding hydrogens is 372 g/mol. The van der Waals surface area contributed by atoms with Crippen LogP contribution in [0, 0.1) is 13.8 Å². The van der Waals surface area contributed by atoms with Gasteiger partial charge in [-0.05, 0) is 31.0 Å². The molecule has 1 N–H and O–H groups in total. The van der Waals surface area contributed by atoms with Gasteiger partial charge in [0, 0.05) is 23.9 Å². The highest BCUT2D eigenvalue weighted by Crippen LogP contribution is 2.25. The highest BCUT2D eigenvalue weighted by atomic mass is 32.1. The van der Waals surface area contributed by atoms with Crippen molar-refractivity contribution in [1.29, 1.82) is 0 Å². The fraction of sp³-hybridized carbons (Fsp3) is 0.227. The van der Waals surface area contributed by atoms with E-state index in [1.807, 2.05) is 19.1 Å². The zero-order valence-corrected chi connectivity index (χ0v) is 16.5. The molecule has 1 aromatic heterocycles.